The lowest BCUT2D eigenvalue weighted by Gasteiger charge is -2.26. The van der Waals surface area contributed by atoms with Gasteiger partial charge in [-0.3, -0.25) is 4.79 Å². The number of nitrogens with zero attached hydrogens (tertiary/aromatic N) is 1. The van der Waals surface area contributed by atoms with E-state index in [1.54, 1.807) is 18.2 Å². The van der Waals surface area contributed by atoms with Crippen LogP contribution in [-0.2, 0) is 0 Å². The first-order valence-electron chi connectivity index (χ1n) is 6.41. The average Bonchev–Trinajstić information content (AvgIpc) is 2.80. The average molecular weight is 301 g/mol. The van der Waals surface area contributed by atoms with E-state index >= 15 is 0 Å². The number of halogens is 2. The third kappa shape index (κ3) is 3.41. The SMILES string of the molecule is CN(C)C1CCCC1NC(=O)c1ccc(Cl)c(Cl)c1. The molecule has 5 heteroatoms. The number of amides is 1. The van der Waals surface area contributed by atoms with E-state index in [0.717, 1.165) is 19.3 Å². The van der Waals surface area contributed by atoms with Crippen LogP contribution in [0.25, 0.3) is 0 Å². The number of likely N-dealkylation sites (N-methyl/N-ethyl adjacent to an activating group) is 1. The zero-order valence-corrected chi connectivity index (χ0v) is 12.6. The van der Waals surface area contributed by atoms with E-state index in [4.69, 9.17) is 23.2 Å². The number of carbonyl (C=O) groups is 1. The predicted molar refractivity (Wildman–Crippen MR) is 79.0 cm³/mol. The zero-order chi connectivity index (χ0) is 14.0. The number of carbonyl (C=O) groups excluding carboxylic acids is 1. The molecular formula is C14H18Cl2N2O. The van der Waals surface area contributed by atoms with Crippen LogP contribution < -0.4 is 5.32 Å². The minimum Gasteiger partial charge on any atom is -0.348 e. The molecule has 1 aromatic carbocycles. The lowest BCUT2D eigenvalue weighted by Crippen LogP contribution is -2.46. The minimum absolute atomic E-state index is 0.0858. The zero-order valence-electron chi connectivity index (χ0n) is 11.1. The van der Waals surface area contributed by atoms with E-state index in [9.17, 15) is 4.79 Å². The summed E-state index contributed by atoms with van der Waals surface area (Å²) < 4.78 is 0. The van der Waals surface area contributed by atoms with Gasteiger partial charge >= 0.3 is 0 Å². The Labute approximate surface area is 123 Å². The molecule has 3 nitrogen and oxygen atoms in total. The summed E-state index contributed by atoms with van der Waals surface area (Å²) in [5, 5.41) is 3.96. The van der Waals surface area contributed by atoms with Gasteiger partial charge in [0.05, 0.1) is 10.0 Å². The maximum atomic E-state index is 12.2. The van der Waals surface area contributed by atoms with Crippen molar-refractivity contribution in [1.82, 2.24) is 10.2 Å². The fourth-order valence-corrected chi connectivity index (χ4v) is 2.91. The topological polar surface area (TPSA) is 32.3 Å². The van der Waals surface area contributed by atoms with Crippen LogP contribution >= 0.6 is 23.2 Å². The van der Waals surface area contributed by atoms with Gasteiger partial charge in [-0.25, -0.2) is 0 Å². The Morgan fingerprint density at radius 1 is 1.26 bits per heavy atom. The van der Waals surface area contributed by atoms with E-state index in [0.29, 0.717) is 21.7 Å². The number of hydrogen-bond acceptors (Lipinski definition) is 2. The molecule has 1 fully saturated rings. The Hall–Kier alpha value is -0.770. The van der Waals surface area contributed by atoms with E-state index in [-0.39, 0.29) is 11.9 Å². The first kappa shape index (κ1) is 14.6. The monoisotopic (exact) mass is 300 g/mol. The molecule has 19 heavy (non-hydrogen) atoms. The molecule has 1 aliphatic carbocycles. The van der Waals surface area contributed by atoms with Crippen LogP contribution in [0.15, 0.2) is 18.2 Å². The molecule has 1 amide bonds. The second-order valence-electron chi connectivity index (χ2n) is 5.17. The molecule has 2 rings (SSSR count). The van der Waals surface area contributed by atoms with Crippen molar-refractivity contribution in [3.05, 3.63) is 33.8 Å². The molecule has 1 N–H and O–H groups in total. The summed E-state index contributed by atoms with van der Waals surface area (Å²) in [4.78, 5) is 14.4. The number of rotatable bonds is 3. The van der Waals surface area contributed by atoms with Crippen LogP contribution in [-0.4, -0.2) is 37.0 Å². The van der Waals surface area contributed by atoms with Crippen molar-refractivity contribution in [2.75, 3.05) is 14.1 Å². The van der Waals surface area contributed by atoms with Crippen molar-refractivity contribution in [3.63, 3.8) is 0 Å². The van der Waals surface area contributed by atoms with Crippen LogP contribution in [0.1, 0.15) is 29.6 Å². The summed E-state index contributed by atoms with van der Waals surface area (Å²) in [6.07, 6.45) is 3.30. The molecule has 0 saturated heterocycles. The smallest absolute Gasteiger partial charge is 0.251 e. The van der Waals surface area contributed by atoms with E-state index < -0.39 is 0 Å². The summed E-state index contributed by atoms with van der Waals surface area (Å²) in [6, 6.07) is 5.57. The Balaban J connectivity index is 2.06. The van der Waals surface area contributed by atoms with Crippen LogP contribution in [0.4, 0.5) is 0 Å². The number of hydrogen-bond donors (Lipinski definition) is 1. The van der Waals surface area contributed by atoms with Crippen LogP contribution in [0.3, 0.4) is 0 Å². The normalized spacial score (nSPS) is 22.8. The van der Waals surface area contributed by atoms with Gasteiger partial charge in [0, 0.05) is 17.6 Å². The van der Waals surface area contributed by atoms with Gasteiger partial charge in [0.25, 0.3) is 5.91 Å². The molecule has 0 aromatic heterocycles. The maximum Gasteiger partial charge on any atom is 0.251 e. The Morgan fingerprint density at radius 3 is 2.63 bits per heavy atom. The molecule has 1 saturated carbocycles. The van der Waals surface area contributed by atoms with Gasteiger partial charge in [-0.2, -0.15) is 0 Å². The highest BCUT2D eigenvalue weighted by Crippen LogP contribution is 2.25. The molecule has 104 valence electrons. The van der Waals surface area contributed by atoms with Crippen molar-refractivity contribution in [3.8, 4) is 0 Å². The molecule has 0 heterocycles. The molecule has 0 bridgehead atoms. The van der Waals surface area contributed by atoms with Gasteiger partial charge in [-0.15, -0.1) is 0 Å². The highest BCUT2D eigenvalue weighted by Gasteiger charge is 2.30. The van der Waals surface area contributed by atoms with Crippen LogP contribution in [0.2, 0.25) is 10.0 Å². The van der Waals surface area contributed by atoms with Gasteiger partial charge in [0.15, 0.2) is 0 Å². The van der Waals surface area contributed by atoms with E-state index in [1.807, 2.05) is 14.1 Å². The Morgan fingerprint density at radius 2 is 2.00 bits per heavy atom. The van der Waals surface area contributed by atoms with Crippen LogP contribution in [0.5, 0.6) is 0 Å². The highest BCUT2D eigenvalue weighted by atomic mass is 35.5. The fraction of sp³-hybridized carbons (Fsp3) is 0.500. The molecule has 1 aliphatic rings. The third-order valence-electron chi connectivity index (χ3n) is 3.64. The van der Waals surface area contributed by atoms with E-state index in [1.165, 1.54) is 0 Å². The molecule has 0 spiro atoms. The molecular weight excluding hydrogens is 283 g/mol. The van der Waals surface area contributed by atoms with Crippen LogP contribution in [0, 0.1) is 0 Å². The minimum atomic E-state index is -0.0858. The fourth-order valence-electron chi connectivity index (χ4n) is 2.62. The second kappa shape index (κ2) is 6.12. The number of nitrogens with one attached hydrogen (secondary N) is 1. The molecule has 1 aromatic rings. The lowest BCUT2D eigenvalue weighted by molar-refractivity contribution is 0.0919. The summed E-state index contributed by atoms with van der Waals surface area (Å²) in [6.45, 7) is 0. The quantitative estimate of drug-likeness (QED) is 0.930. The van der Waals surface area contributed by atoms with Gasteiger partial charge in [0.2, 0.25) is 0 Å². The Bertz CT molecular complexity index is 477. The molecule has 0 aliphatic heterocycles. The van der Waals surface area contributed by atoms with Gasteiger partial charge in [-0.05, 0) is 51.6 Å². The standard InChI is InChI=1S/C14H18Cl2N2O/c1-18(2)13-5-3-4-12(13)17-14(19)9-6-7-10(15)11(16)8-9/h6-8,12-13H,3-5H2,1-2H3,(H,17,19). The summed E-state index contributed by atoms with van der Waals surface area (Å²) in [5.74, 6) is -0.0858. The Kier molecular flexibility index (Phi) is 4.71. The summed E-state index contributed by atoms with van der Waals surface area (Å²) >= 11 is 11.8. The molecule has 2 atom stereocenters. The van der Waals surface area contributed by atoms with Gasteiger partial charge < -0.3 is 10.2 Å². The summed E-state index contributed by atoms with van der Waals surface area (Å²) in [5.41, 5.74) is 0.554. The molecule has 2 unspecified atom stereocenters. The van der Waals surface area contributed by atoms with Gasteiger partial charge in [0.1, 0.15) is 0 Å². The van der Waals surface area contributed by atoms with Crippen molar-refractivity contribution in [2.45, 2.75) is 31.3 Å². The summed E-state index contributed by atoms with van der Waals surface area (Å²) in [7, 11) is 4.10. The first-order chi connectivity index (χ1) is 8.99. The third-order valence-corrected chi connectivity index (χ3v) is 4.38. The number of benzene rings is 1. The van der Waals surface area contributed by atoms with Crippen molar-refractivity contribution in [1.29, 1.82) is 0 Å². The van der Waals surface area contributed by atoms with Crippen molar-refractivity contribution < 1.29 is 4.79 Å². The van der Waals surface area contributed by atoms with Gasteiger partial charge in [-0.1, -0.05) is 23.2 Å². The highest BCUT2D eigenvalue weighted by molar-refractivity contribution is 6.42. The predicted octanol–water partition coefficient (Wildman–Crippen LogP) is 3.21. The largest absolute Gasteiger partial charge is 0.348 e. The maximum absolute atomic E-state index is 12.2. The second-order valence-corrected chi connectivity index (χ2v) is 5.99. The van der Waals surface area contributed by atoms with E-state index in [2.05, 4.69) is 10.2 Å². The molecule has 0 radical (unpaired) electrons. The van der Waals surface area contributed by atoms with Crippen molar-refractivity contribution >= 4 is 29.1 Å². The van der Waals surface area contributed by atoms with Crippen molar-refractivity contribution in [2.24, 2.45) is 0 Å². The lowest BCUT2D eigenvalue weighted by atomic mass is 10.1. The first-order valence-corrected chi connectivity index (χ1v) is 7.17.